The number of carbonyl (C=O) groups is 1. The molecule has 2 rings (SSSR count). The van der Waals surface area contributed by atoms with E-state index < -0.39 is 11.7 Å². The quantitative estimate of drug-likeness (QED) is 0.639. The van der Waals surface area contributed by atoms with Gasteiger partial charge in [-0.05, 0) is 55.0 Å². The Kier molecular flexibility index (Phi) is 4.34. The molecule has 3 nitrogen and oxygen atoms in total. The Balaban J connectivity index is 2.44. The van der Waals surface area contributed by atoms with E-state index in [9.17, 15) is 9.90 Å². The van der Waals surface area contributed by atoms with Crippen LogP contribution in [0.2, 0.25) is 0 Å². The molecule has 4 heteroatoms. The van der Waals surface area contributed by atoms with Gasteiger partial charge in [-0.15, -0.1) is 0 Å². The summed E-state index contributed by atoms with van der Waals surface area (Å²) >= 11 is 2.09. The molecule has 20 heavy (non-hydrogen) atoms. The van der Waals surface area contributed by atoms with Crippen LogP contribution in [-0.2, 0) is 9.53 Å². The van der Waals surface area contributed by atoms with E-state index in [2.05, 4.69) is 22.6 Å². The minimum Gasteiger partial charge on any atom is -0.449 e. The number of rotatable bonds is 3. The summed E-state index contributed by atoms with van der Waals surface area (Å²) in [6.07, 6.45) is 1.45. The van der Waals surface area contributed by atoms with Crippen LogP contribution in [0.5, 0.6) is 0 Å². The highest BCUT2D eigenvalue weighted by Crippen LogP contribution is 2.38. The topological polar surface area (TPSA) is 46.5 Å². The molecule has 0 saturated heterocycles. The molecule has 0 aliphatic carbocycles. The first-order valence-corrected chi connectivity index (χ1v) is 7.45. The highest BCUT2D eigenvalue weighted by molar-refractivity contribution is 14.1. The lowest BCUT2D eigenvalue weighted by Crippen LogP contribution is -2.18. The lowest BCUT2D eigenvalue weighted by Gasteiger charge is -2.18. The molecule has 1 N–H and O–H groups in total. The van der Waals surface area contributed by atoms with Gasteiger partial charge >= 0.3 is 5.97 Å². The number of halogens is 1. The molecule has 1 aliphatic rings. The number of cyclic esters (lactones) is 1. The lowest BCUT2D eigenvalue weighted by atomic mass is 9.97. The largest absolute Gasteiger partial charge is 0.449 e. The molecule has 0 aromatic heterocycles. The van der Waals surface area contributed by atoms with E-state index in [-0.39, 0.29) is 5.97 Å². The van der Waals surface area contributed by atoms with E-state index in [1.54, 1.807) is 20.8 Å². The van der Waals surface area contributed by atoms with E-state index in [0.29, 0.717) is 5.57 Å². The van der Waals surface area contributed by atoms with Gasteiger partial charge in [-0.1, -0.05) is 30.3 Å². The van der Waals surface area contributed by atoms with Gasteiger partial charge in [0.2, 0.25) is 0 Å². The van der Waals surface area contributed by atoms with E-state index in [0.717, 1.165) is 14.7 Å². The summed E-state index contributed by atoms with van der Waals surface area (Å²) in [5.74, 6) is -0.301. The lowest BCUT2D eigenvalue weighted by molar-refractivity contribution is -0.139. The van der Waals surface area contributed by atoms with Crippen molar-refractivity contribution in [2.45, 2.75) is 32.5 Å². The van der Waals surface area contributed by atoms with Gasteiger partial charge in [-0.3, -0.25) is 0 Å². The normalized spacial score (nSPS) is 20.4. The first kappa shape index (κ1) is 15.3. The van der Waals surface area contributed by atoms with Crippen LogP contribution in [0.15, 0.2) is 51.1 Å². The molecule has 0 spiro atoms. The van der Waals surface area contributed by atoms with Crippen molar-refractivity contribution in [1.29, 1.82) is 0 Å². The zero-order chi connectivity index (χ0) is 14.9. The number of aliphatic hydroxyl groups is 1. The van der Waals surface area contributed by atoms with Crippen LogP contribution in [0, 0.1) is 0 Å². The van der Waals surface area contributed by atoms with Gasteiger partial charge < -0.3 is 9.84 Å². The second-order valence-electron chi connectivity index (χ2n) is 5.33. The number of benzene rings is 1. The van der Waals surface area contributed by atoms with Gasteiger partial charge in [0.1, 0.15) is 0 Å². The second kappa shape index (κ2) is 5.69. The highest BCUT2D eigenvalue weighted by atomic mass is 127. The fraction of sp³-hybridized carbons (Fsp3) is 0.312. The zero-order valence-electron chi connectivity index (χ0n) is 11.7. The summed E-state index contributed by atoms with van der Waals surface area (Å²) in [6, 6.07) is 9.62. The minimum absolute atomic E-state index is 0.301. The Morgan fingerprint density at radius 2 is 1.95 bits per heavy atom. The number of hydrogen-bond donors (Lipinski definition) is 1. The van der Waals surface area contributed by atoms with Gasteiger partial charge in [-0.25, -0.2) is 4.79 Å². The molecule has 1 aliphatic heterocycles. The Morgan fingerprint density at radius 1 is 1.35 bits per heavy atom. The van der Waals surface area contributed by atoms with Crippen LogP contribution in [0.4, 0.5) is 0 Å². The van der Waals surface area contributed by atoms with Crippen molar-refractivity contribution in [1.82, 2.24) is 0 Å². The summed E-state index contributed by atoms with van der Waals surface area (Å²) in [5.41, 5.74) is 1.41. The third kappa shape index (κ3) is 3.12. The summed E-state index contributed by atoms with van der Waals surface area (Å²) in [4.78, 5) is 11.8. The van der Waals surface area contributed by atoms with E-state index in [1.807, 2.05) is 36.4 Å². The Bertz CT molecular complexity index is 579. The predicted molar refractivity (Wildman–Crippen MR) is 86.4 cm³/mol. The SMILES string of the molecule is CC1=C(/C=C(\I)C(C)(C)O)C(c2ccccc2)OC1=O. The van der Waals surface area contributed by atoms with Crippen molar-refractivity contribution in [3.63, 3.8) is 0 Å². The van der Waals surface area contributed by atoms with Crippen molar-refractivity contribution in [2.75, 3.05) is 0 Å². The Labute approximate surface area is 132 Å². The van der Waals surface area contributed by atoms with Gasteiger partial charge in [-0.2, -0.15) is 0 Å². The third-order valence-corrected chi connectivity index (χ3v) is 4.85. The Hall–Kier alpha value is -1.14. The highest BCUT2D eigenvalue weighted by Gasteiger charge is 2.32. The minimum atomic E-state index is -0.930. The average Bonchev–Trinajstić information content (AvgIpc) is 2.67. The van der Waals surface area contributed by atoms with Crippen LogP contribution in [0.3, 0.4) is 0 Å². The van der Waals surface area contributed by atoms with Crippen LogP contribution in [0.1, 0.15) is 32.4 Å². The van der Waals surface area contributed by atoms with E-state index in [4.69, 9.17) is 4.74 Å². The maximum Gasteiger partial charge on any atom is 0.335 e. The van der Waals surface area contributed by atoms with Crippen molar-refractivity contribution >= 4 is 28.6 Å². The first-order valence-electron chi connectivity index (χ1n) is 6.37. The van der Waals surface area contributed by atoms with Gasteiger partial charge in [0, 0.05) is 14.7 Å². The number of hydrogen-bond acceptors (Lipinski definition) is 3. The molecule has 1 aromatic carbocycles. The fourth-order valence-corrected chi connectivity index (χ4v) is 2.28. The molecule has 1 atom stereocenters. The third-order valence-electron chi connectivity index (χ3n) is 3.22. The van der Waals surface area contributed by atoms with E-state index in [1.165, 1.54) is 0 Å². The second-order valence-corrected chi connectivity index (χ2v) is 6.49. The molecule has 0 amide bonds. The van der Waals surface area contributed by atoms with Crippen molar-refractivity contribution in [3.8, 4) is 0 Å². The monoisotopic (exact) mass is 384 g/mol. The fourth-order valence-electron chi connectivity index (χ4n) is 1.95. The summed E-state index contributed by atoms with van der Waals surface area (Å²) in [6.45, 7) is 5.19. The van der Waals surface area contributed by atoms with Crippen LogP contribution >= 0.6 is 22.6 Å². The maximum absolute atomic E-state index is 11.8. The van der Waals surface area contributed by atoms with Crippen molar-refractivity contribution in [3.05, 3.63) is 56.7 Å². The standard InChI is InChI=1S/C16H17IO3/c1-10-12(9-13(17)16(2,3)19)14(20-15(10)18)11-7-5-4-6-8-11/h4-9,14,19H,1-3H3/b13-9-. The molecule has 0 radical (unpaired) electrons. The van der Waals surface area contributed by atoms with Crippen molar-refractivity contribution in [2.24, 2.45) is 0 Å². The van der Waals surface area contributed by atoms with Crippen LogP contribution in [-0.4, -0.2) is 16.7 Å². The molecule has 1 unspecified atom stereocenters. The van der Waals surface area contributed by atoms with E-state index >= 15 is 0 Å². The van der Waals surface area contributed by atoms with Crippen LogP contribution < -0.4 is 0 Å². The van der Waals surface area contributed by atoms with Gasteiger partial charge in [0.15, 0.2) is 6.10 Å². The zero-order valence-corrected chi connectivity index (χ0v) is 13.8. The molecule has 1 aromatic rings. The maximum atomic E-state index is 11.8. The van der Waals surface area contributed by atoms with Gasteiger partial charge in [0.25, 0.3) is 0 Å². The first-order chi connectivity index (χ1) is 9.30. The smallest absolute Gasteiger partial charge is 0.335 e. The summed E-state index contributed by atoms with van der Waals surface area (Å²) < 4.78 is 6.21. The van der Waals surface area contributed by atoms with Crippen molar-refractivity contribution < 1.29 is 14.6 Å². The Morgan fingerprint density at radius 3 is 2.50 bits per heavy atom. The molecular formula is C16H17IO3. The number of ether oxygens (including phenoxy) is 1. The average molecular weight is 384 g/mol. The predicted octanol–water partition coefficient (Wildman–Crippen LogP) is 3.69. The molecule has 0 saturated carbocycles. The summed E-state index contributed by atoms with van der Waals surface area (Å²) in [5, 5.41) is 10.0. The van der Waals surface area contributed by atoms with Gasteiger partial charge in [0.05, 0.1) is 5.60 Å². The molecule has 1 heterocycles. The molecule has 0 fully saturated rings. The number of esters is 1. The molecule has 106 valence electrons. The molecule has 0 bridgehead atoms. The number of carbonyl (C=O) groups excluding carboxylic acids is 1. The van der Waals surface area contributed by atoms with Crippen LogP contribution in [0.25, 0.3) is 0 Å². The summed E-state index contributed by atoms with van der Waals surface area (Å²) in [7, 11) is 0. The molecular weight excluding hydrogens is 367 g/mol.